The third-order valence-corrected chi connectivity index (χ3v) is 5.45. The minimum absolute atomic E-state index is 0.0281. The first-order valence-corrected chi connectivity index (χ1v) is 8.47. The van der Waals surface area contributed by atoms with Crippen LogP contribution in [0.3, 0.4) is 0 Å². The number of benzene rings is 2. The number of rotatable bonds is 3. The maximum Gasteiger partial charge on any atom is 0.254 e. The van der Waals surface area contributed by atoms with Crippen LogP contribution in [0.4, 0.5) is 4.39 Å². The van der Waals surface area contributed by atoms with Gasteiger partial charge in [0.1, 0.15) is 5.82 Å². The Labute approximate surface area is 141 Å². The summed E-state index contributed by atoms with van der Waals surface area (Å²) in [6.45, 7) is 3.18. The molecule has 0 spiro atoms. The molecule has 0 radical (unpaired) electrons. The van der Waals surface area contributed by atoms with Crippen LogP contribution in [0.15, 0.2) is 42.5 Å². The molecule has 4 rings (SSSR count). The molecule has 2 fully saturated rings. The number of likely N-dealkylation sites (tertiary alicyclic amines) is 1. The van der Waals surface area contributed by atoms with Crippen LogP contribution in [0.5, 0.6) is 0 Å². The standard InChI is InChI=1S/C20H21FN2O/c1-12-5-4-7-15(19(12)14-6-2-3-8-17(14)21)20(24)23-11-13-9-16(13)18(23)10-22/h2-8,13,16,18H,9-11,22H2,1H3/t13-,16-,18-/m1/s1. The Kier molecular flexibility index (Phi) is 3.65. The fourth-order valence-electron chi connectivity index (χ4n) is 4.13. The number of piperidine rings is 1. The number of fused-ring (bicyclic) bond motifs is 1. The summed E-state index contributed by atoms with van der Waals surface area (Å²) in [5.74, 6) is 0.824. The molecule has 2 aromatic rings. The van der Waals surface area contributed by atoms with E-state index in [9.17, 15) is 9.18 Å². The Morgan fingerprint density at radius 1 is 1.25 bits per heavy atom. The molecule has 1 aliphatic heterocycles. The Bertz CT molecular complexity index is 804. The molecule has 2 N–H and O–H groups in total. The molecule has 2 aliphatic rings. The molecule has 2 aromatic carbocycles. The van der Waals surface area contributed by atoms with Crippen LogP contribution in [0.1, 0.15) is 22.3 Å². The summed E-state index contributed by atoms with van der Waals surface area (Å²) in [5, 5.41) is 0. The average molecular weight is 324 g/mol. The second kappa shape index (κ2) is 5.71. The van der Waals surface area contributed by atoms with Crippen molar-refractivity contribution < 1.29 is 9.18 Å². The number of hydrogen-bond acceptors (Lipinski definition) is 2. The Morgan fingerprint density at radius 3 is 2.79 bits per heavy atom. The van der Waals surface area contributed by atoms with E-state index in [0.29, 0.717) is 35.1 Å². The van der Waals surface area contributed by atoms with Gasteiger partial charge in [-0.2, -0.15) is 0 Å². The molecule has 0 aromatic heterocycles. The lowest BCUT2D eigenvalue weighted by atomic mass is 9.93. The van der Waals surface area contributed by atoms with Gasteiger partial charge in [-0.1, -0.05) is 30.3 Å². The second-order valence-electron chi connectivity index (χ2n) is 6.90. The molecule has 1 heterocycles. The predicted octanol–water partition coefficient (Wildman–Crippen LogP) is 3.22. The lowest BCUT2D eigenvalue weighted by Gasteiger charge is -2.28. The van der Waals surface area contributed by atoms with E-state index in [0.717, 1.165) is 12.1 Å². The van der Waals surface area contributed by atoms with Crippen molar-refractivity contribution in [2.75, 3.05) is 13.1 Å². The minimum Gasteiger partial charge on any atom is -0.334 e. The zero-order chi connectivity index (χ0) is 16.8. The predicted molar refractivity (Wildman–Crippen MR) is 92.0 cm³/mol. The van der Waals surface area contributed by atoms with E-state index >= 15 is 0 Å². The fraction of sp³-hybridized carbons (Fsp3) is 0.350. The number of carbonyl (C=O) groups excluding carboxylic acids is 1. The number of carbonyl (C=O) groups is 1. The highest BCUT2D eigenvalue weighted by atomic mass is 19.1. The molecule has 4 heteroatoms. The zero-order valence-corrected chi connectivity index (χ0v) is 13.7. The van der Waals surface area contributed by atoms with Gasteiger partial charge in [0.05, 0.1) is 0 Å². The van der Waals surface area contributed by atoms with Crippen LogP contribution < -0.4 is 5.73 Å². The van der Waals surface area contributed by atoms with E-state index in [4.69, 9.17) is 5.73 Å². The van der Waals surface area contributed by atoms with Crippen molar-refractivity contribution in [1.82, 2.24) is 4.90 Å². The van der Waals surface area contributed by atoms with E-state index in [2.05, 4.69) is 0 Å². The second-order valence-corrected chi connectivity index (χ2v) is 6.90. The lowest BCUT2D eigenvalue weighted by molar-refractivity contribution is 0.0713. The molecule has 1 aliphatic carbocycles. The summed E-state index contributed by atoms with van der Waals surface area (Å²) >= 11 is 0. The average Bonchev–Trinajstić information content (AvgIpc) is 3.26. The summed E-state index contributed by atoms with van der Waals surface area (Å²) in [4.78, 5) is 15.1. The van der Waals surface area contributed by atoms with Crippen LogP contribution in [-0.4, -0.2) is 29.9 Å². The van der Waals surface area contributed by atoms with Gasteiger partial charge in [-0.25, -0.2) is 4.39 Å². The van der Waals surface area contributed by atoms with Crippen molar-refractivity contribution in [1.29, 1.82) is 0 Å². The molecule has 1 saturated heterocycles. The van der Waals surface area contributed by atoms with Crippen LogP contribution >= 0.6 is 0 Å². The first-order valence-electron chi connectivity index (χ1n) is 8.47. The molecule has 0 unspecified atom stereocenters. The monoisotopic (exact) mass is 324 g/mol. The normalized spacial score (nSPS) is 24.8. The van der Waals surface area contributed by atoms with E-state index in [1.807, 2.05) is 24.0 Å². The summed E-state index contributed by atoms with van der Waals surface area (Å²) < 4.78 is 14.3. The number of aryl methyl sites for hydroxylation is 1. The molecule has 24 heavy (non-hydrogen) atoms. The van der Waals surface area contributed by atoms with Crippen LogP contribution in [0.25, 0.3) is 11.1 Å². The van der Waals surface area contributed by atoms with Crippen molar-refractivity contribution in [2.45, 2.75) is 19.4 Å². The number of nitrogens with zero attached hydrogens (tertiary/aromatic N) is 1. The van der Waals surface area contributed by atoms with Gasteiger partial charge >= 0.3 is 0 Å². The van der Waals surface area contributed by atoms with Gasteiger partial charge < -0.3 is 10.6 Å². The summed E-state index contributed by atoms with van der Waals surface area (Å²) in [6, 6.07) is 12.3. The number of nitrogens with two attached hydrogens (primary N) is 1. The summed E-state index contributed by atoms with van der Waals surface area (Å²) in [7, 11) is 0. The topological polar surface area (TPSA) is 46.3 Å². The van der Waals surface area contributed by atoms with Gasteiger partial charge in [0.15, 0.2) is 0 Å². The van der Waals surface area contributed by atoms with Crippen LogP contribution in [-0.2, 0) is 0 Å². The highest BCUT2D eigenvalue weighted by Gasteiger charge is 2.53. The van der Waals surface area contributed by atoms with Gasteiger partial charge in [0, 0.05) is 35.8 Å². The fourth-order valence-corrected chi connectivity index (χ4v) is 4.13. The van der Waals surface area contributed by atoms with E-state index < -0.39 is 0 Å². The zero-order valence-electron chi connectivity index (χ0n) is 13.7. The molecule has 0 bridgehead atoms. The number of amides is 1. The molecule has 3 atom stereocenters. The molecular formula is C20H21FN2O. The van der Waals surface area contributed by atoms with Crippen LogP contribution in [0, 0.1) is 24.6 Å². The van der Waals surface area contributed by atoms with Gasteiger partial charge in [0.2, 0.25) is 0 Å². The Morgan fingerprint density at radius 2 is 2.04 bits per heavy atom. The smallest absolute Gasteiger partial charge is 0.254 e. The minimum atomic E-state index is -0.305. The Hall–Kier alpha value is -2.20. The molecule has 3 nitrogen and oxygen atoms in total. The van der Waals surface area contributed by atoms with Crippen molar-refractivity contribution in [3.63, 3.8) is 0 Å². The summed E-state index contributed by atoms with van der Waals surface area (Å²) in [5.41, 5.74) is 8.55. The van der Waals surface area contributed by atoms with Crippen molar-refractivity contribution in [3.05, 3.63) is 59.4 Å². The molecular weight excluding hydrogens is 303 g/mol. The van der Waals surface area contributed by atoms with E-state index in [1.54, 1.807) is 24.3 Å². The maximum absolute atomic E-state index is 14.3. The third-order valence-electron chi connectivity index (χ3n) is 5.45. The van der Waals surface area contributed by atoms with E-state index in [-0.39, 0.29) is 17.8 Å². The quantitative estimate of drug-likeness (QED) is 0.942. The molecule has 124 valence electrons. The van der Waals surface area contributed by atoms with Gasteiger partial charge in [-0.05, 0) is 42.9 Å². The first-order chi connectivity index (χ1) is 11.6. The first kappa shape index (κ1) is 15.3. The van der Waals surface area contributed by atoms with Crippen LogP contribution in [0.2, 0.25) is 0 Å². The maximum atomic E-state index is 14.3. The molecule has 1 amide bonds. The van der Waals surface area contributed by atoms with Gasteiger partial charge in [-0.3, -0.25) is 4.79 Å². The molecule has 1 saturated carbocycles. The SMILES string of the molecule is Cc1cccc(C(=O)N2C[C@H]3C[C@H]3[C@H]2CN)c1-c1ccccc1F. The van der Waals surface area contributed by atoms with Crippen molar-refractivity contribution >= 4 is 5.91 Å². The summed E-state index contributed by atoms with van der Waals surface area (Å²) in [6.07, 6.45) is 1.18. The van der Waals surface area contributed by atoms with Gasteiger partial charge in [0.25, 0.3) is 5.91 Å². The third kappa shape index (κ3) is 2.33. The van der Waals surface area contributed by atoms with Gasteiger partial charge in [-0.15, -0.1) is 0 Å². The lowest BCUT2D eigenvalue weighted by Crippen LogP contribution is -2.43. The van der Waals surface area contributed by atoms with Crippen molar-refractivity contribution in [3.8, 4) is 11.1 Å². The highest BCUT2D eigenvalue weighted by Crippen LogP contribution is 2.49. The number of hydrogen-bond donors (Lipinski definition) is 1. The number of halogens is 1. The largest absolute Gasteiger partial charge is 0.334 e. The van der Waals surface area contributed by atoms with E-state index in [1.165, 1.54) is 12.5 Å². The highest BCUT2D eigenvalue weighted by molar-refractivity contribution is 6.02. The Balaban J connectivity index is 1.78. The van der Waals surface area contributed by atoms with Crippen molar-refractivity contribution in [2.24, 2.45) is 17.6 Å².